The summed E-state index contributed by atoms with van der Waals surface area (Å²) >= 11 is 5.38. The van der Waals surface area contributed by atoms with Crippen LogP contribution in [0.4, 0.5) is 19.0 Å². The van der Waals surface area contributed by atoms with Crippen LogP contribution in [0.2, 0.25) is 0 Å². The highest BCUT2D eigenvalue weighted by molar-refractivity contribution is 6.18. The van der Waals surface area contributed by atoms with Gasteiger partial charge in [0.05, 0.1) is 11.1 Å². The molecule has 6 heteroatoms. The molecule has 1 rings (SSSR count). The van der Waals surface area contributed by atoms with Gasteiger partial charge < -0.3 is 5.73 Å². The number of hydrogen-bond acceptors (Lipinski definition) is 2. The number of nitrogens with two attached hydrogens (primary N) is 1. The average molecular weight is 249 g/mol. The molecule has 1 heterocycles. The minimum atomic E-state index is -4.44. The predicted molar refractivity (Wildman–Crippen MR) is 55.9 cm³/mol. The summed E-state index contributed by atoms with van der Waals surface area (Å²) in [6.07, 6.45) is -3.37. The highest BCUT2D eigenvalue weighted by Crippen LogP contribution is 2.29. The van der Waals surface area contributed by atoms with Crippen molar-refractivity contribution in [3.63, 3.8) is 0 Å². The topological polar surface area (TPSA) is 38.9 Å². The molecule has 0 bridgehead atoms. The van der Waals surface area contributed by atoms with E-state index in [1.54, 1.807) is 0 Å². The Balaban J connectivity index is 3.06. The lowest BCUT2D eigenvalue weighted by Crippen LogP contribution is -2.07. The van der Waals surface area contributed by atoms with Gasteiger partial charge in [0.15, 0.2) is 0 Å². The SMILES string of the molecule is Nc1ncc(C(F)(F)F)cc1C#CCCCl. The van der Waals surface area contributed by atoms with Gasteiger partial charge in [-0.15, -0.1) is 11.6 Å². The van der Waals surface area contributed by atoms with Crippen LogP contribution in [0.3, 0.4) is 0 Å². The molecule has 0 aliphatic heterocycles. The van der Waals surface area contributed by atoms with Crippen LogP contribution in [0.1, 0.15) is 17.5 Å². The van der Waals surface area contributed by atoms with Crippen LogP contribution in [-0.4, -0.2) is 10.9 Å². The zero-order chi connectivity index (χ0) is 12.2. The minimum absolute atomic E-state index is 0.0185. The summed E-state index contributed by atoms with van der Waals surface area (Å²) < 4.78 is 37.0. The largest absolute Gasteiger partial charge is 0.417 e. The summed E-state index contributed by atoms with van der Waals surface area (Å²) in [6.45, 7) is 0. The maximum atomic E-state index is 12.3. The molecule has 0 aliphatic rings. The van der Waals surface area contributed by atoms with Gasteiger partial charge in [-0.1, -0.05) is 11.8 Å². The highest BCUT2D eigenvalue weighted by Gasteiger charge is 2.31. The normalized spacial score (nSPS) is 10.8. The Morgan fingerprint density at radius 1 is 1.44 bits per heavy atom. The van der Waals surface area contributed by atoms with E-state index in [9.17, 15) is 13.2 Å². The number of nitrogens with zero attached hydrogens (tertiary/aromatic N) is 1. The van der Waals surface area contributed by atoms with E-state index >= 15 is 0 Å². The number of aromatic nitrogens is 1. The molecule has 86 valence electrons. The summed E-state index contributed by atoms with van der Waals surface area (Å²) in [7, 11) is 0. The summed E-state index contributed by atoms with van der Waals surface area (Å²) in [5.74, 6) is 5.41. The average Bonchev–Trinajstić information content (AvgIpc) is 2.19. The third-order valence-electron chi connectivity index (χ3n) is 1.69. The predicted octanol–water partition coefficient (Wildman–Crippen LogP) is 2.66. The number of nitrogen functional groups attached to an aromatic ring is 1. The summed E-state index contributed by atoms with van der Waals surface area (Å²) in [5.41, 5.74) is 4.61. The first-order chi connectivity index (χ1) is 7.45. The number of alkyl halides is 4. The number of hydrogen-bond donors (Lipinski definition) is 1. The van der Waals surface area contributed by atoms with E-state index in [0.717, 1.165) is 6.07 Å². The van der Waals surface area contributed by atoms with Crippen molar-refractivity contribution in [3.8, 4) is 11.8 Å². The zero-order valence-electron chi connectivity index (χ0n) is 8.11. The number of pyridine rings is 1. The fraction of sp³-hybridized carbons (Fsp3) is 0.300. The van der Waals surface area contributed by atoms with Crippen molar-refractivity contribution in [1.82, 2.24) is 4.98 Å². The van der Waals surface area contributed by atoms with E-state index in [-0.39, 0.29) is 11.4 Å². The lowest BCUT2D eigenvalue weighted by atomic mass is 10.2. The molecular formula is C10H8ClF3N2. The first kappa shape index (κ1) is 12.7. The van der Waals surface area contributed by atoms with Gasteiger partial charge in [-0.25, -0.2) is 4.98 Å². The Morgan fingerprint density at radius 2 is 2.12 bits per heavy atom. The quantitative estimate of drug-likeness (QED) is 0.613. The standard InChI is InChI=1S/C10H8ClF3N2/c11-4-2-1-3-7-5-8(10(12,13)14)6-16-9(7)15/h5-6H,2,4H2,(H2,15,16). The molecule has 0 saturated carbocycles. The van der Waals surface area contributed by atoms with Crippen LogP contribution in [0, 0.1) is 11.8 Å². The fourth-order valence-electron chi connectivity index (χ4n) is 0.935. The number of rotatable bonds is 1. The number of halogens is 4. The monoisotopic (exact) mass is 248 g/mol. The molecule has 0 aliphatic carbocycles. The van der Waals surface area contributed by atoms with Gasteiger partial charge in [0, 0.05) is 18.5 Å². The molecule has 16 heavy (non-hydrogen) atoms. The summed E-state index contributed by atoms with van der Waals surface area (Å²) in [6, 6.07) is 0.879. The Hall–Kier alpha value is -1.41. The highest BCUT2D eigenvalue weighted by atomic mass is 35.5. The fourth-order valence-corrected chi connectivity index (χ4v) is 1.03. The van der Waals surface area contributed by atoms with E-state index in [1.807, 2.05) is 0 Å². The number of anilines is 1. The smallest absolute Gasteiger partial charge is 0.383 e. The van der Waals surface area contributed by atoms with E-state index in [0.29, 0.717) is 18.5 Å². The second kappa shape index (κ2) is 5.08. The Labute approximate surface area is 95.6 Å². The Morgan fingerprint density at radius 3 is 2.69 bits per heavy atom. The van der Waals surface area contributed by atoms with Gasteiger partial charge in [-0.3, -0.25) is 0 Å². The van der Waals surface area contributed by atoms with Crippen molar-refractivity contribution >= 4 is 17.4 Å². The molecule has 0 aromatic carbocycles. The summed E-state index contributed by atoms with van der Waals surface area (Å²) in [4.78, 5) is 3.45. The third-order valence-corrected chi connectivity index (χ3v) is 1.88. The van der Waals surface area contributed by atoms with E-state index in [4.69, 9.17) is 17.3 Å². The van der Waals surface area contributed by atoms with Crippen molar-refractivity contribution in [2.45, 2.75) is 12.6 Å². The third kappa shape index (κ3) is 3.31. The van der Waals surface area contributed by atoms with Gasteiger partial charge in [-0.05, 0) is 6.07 Å². The second-order valence-corrected chi connectivity index (χ2v) is 3.27. The van der Waals surface area contributed by atoms with Gasteiger partial charge in [0.25, 0.3) is 0 Å². The van der Waals surface area contributed by atoms with Crippen molar-refractivity contribution in [1.29, 1.82) is 0 Å². The first-order valence-electron chi connectivity index (χ1n) is 4.32. The van der Waals surface area contributed by atoms with Crippen molar-refractivity contribution in [2.24, 2.45) is 0 Å². The molecule has 2 N–H and O–H groups in total. The van der Waals surface area contributed by atoms with Crippen LogP contribution in [0.5, 0.6) is 0 Å². The molecule has 1 aromatic rings. The van der Waals surface area contributed by atoms with Crippen molar-refractivity contribution in [3.05, 3.63) is 23.4 Å². The van der Waals surface area contributed by atoms with Gasteiger partial charge in [-0.2, -0.15) is 13.2 Å². The van der Waals surface area contributed by atoms with Gasteiger partial charge >= 0.3 is 6.18 Å². The molecule has 0 fully saturated rings. The van der Waals surface area contributed by atoms with Crippen LogP contribution in [-0.2, 0) is 6.18 Å². The van der Waals surface area contributed by atoms with Crippen LogP contribution < -0.4 is 5.73 Å². The van der Waals surface area contributed by atoms with Crippen LogP contribution in [0.25, 0.3) is 0 Å². The Kier molecular flexibility index (Phi) is 4.02. The van der Waals surface area contributed by atoms with Crippen molar-refractivity contribution in [2.75, 3.05) is 11.6 Å². The first-order valence-corrected chi connectivity index (χ1v) is 4.86. The second-order valence-electron chi connectivity index (χ2n) is 2.90. The van der Waals surface area contributed by atoms with E-state index < -0.39 is 11.7 Å². The summed E-state index contributed by atoms with van der Waals surface area (Å²) in [5, 5.41) is 0. The molecule has 0 amide bonds. The molecular weight excluding hydrogens is 241 g/mol. The van der Waals surface area contributed by atoms with Gasteiger partial charge in [0.1, 0.15) is 5.82 Å². The van der Waals surface area contributed by atoms with Crippen LogP contribution in [0.15, 0.2) is 12.3 Å². The van der Waals surface area contributed by atoms with Crippen molar-refractivity contribution < 1.29 is 13.2 Å². The maximum Gasteiger partial charge on any atom is 0.417 e. The lowest BCUT2D eigenvalue weighted by Gasteiger charge is -2.06. The van der Waals surface area contributed by atoms with E-state index in [2.05, 4.69) is 16.8 Å². The van der Waals surface area contributed by atoms with E-state index in [1.165, 1.54) is 0 Å². The van der Waals surface area contributed by atoms with Crippen LogP contribution >= 0.6 is 11.6 Å². The molecule has 0 saturated heterocycles. The zero-order valence-corrected chi connectivity index (χ0v) is 8.86. The molecule has 0 unspecified atom stereocenters. The molecule has 1 aromatic heterocycles. The molecule has 2 nitrogen and oxygen atoms in total. The molecule has 0 radical (unpaired) electrons. The molecule has 0 spiro atoms. The molecule has 0 atom stereocenters. The Bertz CT molecular complexity index is 432. The minimum Gasteiger partial charge on any atom is -0.383 e. The lowest BCUT2D eigenvalue weighted by molar-refractivity contribution is -0.137. The maximum absolute atomic E-state index is 12.3. The van der Waals surface area contributed by atoms with Gasteiger partial charge in [0.2, 0.25) is 0 Å².